The van der Waals surface area contributed by atoms with Crippen LogP contribution < -0.4 is 10.5 Å². The van der Waals surface area contributed by atoms with Crippen LogP contribution in [0.2, 0.25) is 5.02 Å². The van der Waals surface area contributed by atoms with E-state index in [1.807, 2.05) is 0 Å². The number of nitro groups is 1. The molecule has 2 rings (SSSR count). The molecule has 22 heavy (non-hydrogen) atoms. The number of carbonyl (C=O) groups is 1. The van der Waals surface area contributed by atoms with Crippen LogP contribution in [0, 0.1) is 10.1 Å². The van der Waals surface area contributed by atoms with E-state index in [-0.39, 0.29) is 10.6 Å². The van der Waals surface area contributed by atoms with Crippen LogP contribution in [0.1, 0.15) is 15.9 Å². The van der Waals surface area contributed by atoms with Crippen LogP contribution >= 0.6 is 11.6 Å². The molecule has 2 aromatic carbocycles. The molecule has 0 fully saturated rings. The fourth-order valence-electron chi connectivity index (χ4n) is 1.65. The van der Waals surface area contributed by atoms with Crippen LogP contribution in [0.25, 0.3) is 0 Å². The number of hydrogen-bond acceptors (Lipinski definition) is 5. The highest BCUT2D eigenvalue weighted by Crippen LogP contribution is 2.29. The van der Waals surface area contributed by atoms with Crippen molar-refractivity contribution >= 4 is 29.4 Å². The summed E-state index contributed by atoms with van der Waals surface area (Å²) >= 11 is 5.71. The third-order valence-corrected chi connectivity index (χ3v) is 2.88. The Bertz CT molecular complexity index is 747. The predicted octanol–water partition coefficient (Wildman–Crippen LogP) is 2.09. The van der Waals surface area contributed by atoms with Gasteiger partial charge in [0, 0.05) is 16.7 Å². The first-order chi connectivity index (χ1) is 10.5. The Morgan fingerprint density at radius 1 is 1.27 bits per heavy atom. The van der Waals surface area contributed by atoms with Gasteiger partial charge in [-0.05, 0) is 29.5 Å². The van der Waals surface area contributed by atoms with Gasteiger partial charge in [0.1, 0.15) is 0 Å². The molecular formula is C14H9ClN3O4-. The summed E-state index contributed by atoms with van der Waals surface area (Å²) in [6.07, 6.45) is 1.02. The van der Waals surface area contributed by atoms with Gasteiger partial charge in [-0.3, -0.25) is 14.9 Å². The largest absolute Gasteiger partial charge is 0.867 e. The lowest BCUT2D eigenvalue weighted by Gasteiger charge is -2.10. The predicted molar refractivity (Wildman–Crippen MR) is 79.1 cm³/mol. The summed E-state index contributed by atoms with van der Waals surface area (Å²) in [4.78, 5) is 21.6. The van der Waals surface area contributed by atoms with Gasteiger partial charge in [0.05, 0.1) is 11.1 Å². The highest BCUT2D eigenvalue weighted by atomic mass is 35.5. The maximum absolute atomic E-state index is 11.8. The quantitative estimate of drug-likeness (QED) is 0.529. The SMILES string of the molecule is O=C(N/N=C\c1cc(Cl)cc([N+](=O)[O-])c1[O-])c1ccccc1. The average molecular weight is 319 g/mol. The standard InChI is InChI=1S/C14H10ClN3O4/c15-11-6-10(13(19)12(7-11)18(21)22)8-16-17-14(20)9-4-2-1-3-5-9/h1-8,19H,(H,17,20)/p-1/b16-8-. The first-order valence-corrected chi connectivity index (χ1v) is 6.40. The first kappa shape index (κ1) is 15.5. The summed E-state index contributed by atoms with van der Waals surface area (Å²) in [6, 6.07) is 10.5. The number of nitrogens with zero attached hydrogens (tertiary/aromatic N) is 2. The molecule has 0 saturated carbocycles. The highest BCUT2D eigenvalue weighted by molar-refractivity contribution is 6.31. The van der Waals surface area contributed by atoms with E-state index in [0.717, 1.165) is 12.3 Å². The van der Waals surface area contributed by atoms with Crippen molar-refractivity contribution in [1.82, 2.24) is 5.43 Å². The number of halogens is 1. The summed E-state index contributed by atoms with van der Waals surface area (Å²) in [7, 11) is 0. The number of nitrogens with one attached hydrogen (secondary N) is 1. The minimum Gasteiger partial charge on any atom is -0.867 e. The summed E-state index contributed by atoms with van der Waals surface area (Å²) in [5.74, 6) is -1.30. The number of amides is 1. The van der Waals surface area contributed by atoms with Crippen molar-refractivity contribution in [2.75, 3.05) is 0 Å². The minimum absolute atomic E-state index is 0.0298. The van der Waals surface area contributed by atoms with E-state index in [1.165, 1.54) is 6.07 Å². The molecule has 112 valence electrons. The molecule has 0 aromatic heterocycles. The number of hydrazone groups is 1. The molecule has 1 amide bonds. The molecule has 0 bridgehead atoms. The lowest BCUT2D eigenvalue weighted by atomic mass is 10.2. The van der Waals surface area contributed by atoms with E-state index in [2.05, 4.69) is 10.5 Å². The summed E-state index contributed by atoms with van der Waals surface area (Å²) in [5.41, 5.74) is 1.87. The Hall–Kier alpha value is -2.93. The smallest absolute Gasteiger partial charge is 0.271 e. The van der Waals surface area contributed by atoms with Crippen molar-refractivity contribution in [3.63, 3.8) is 0 Å². The Morgan fingerprint density at radius 3 is 2.59 bits per heavy atom. The van der Waals surface area contributed by atoms with Crippen LogP contribution in [0.15, 0.2) is 47.6 Å². The Morgan fingerprint density at radius 2 is 1.95 bits per heavy atom. The van der Waals surface area contributed by atoms with E-state index >= 15 is 0 Å². The van der Waals surface area contributed by atoms with Crippen LogP contribution in [-0.2, 0) is 0 Å². The zero-order chi connectivity index (χ0) is 16.1. The van der Waals surface area contributed by atoms with E-state index in [0.29, 0.717) is 5.56 Å². The van der Waals surface area contributed by atoms with Gasteiger partial charge < -0.3 is 5.11 Å². The summed E-state index contributed by atoms with van der Waals surface area (Å²) in [5, 5.41) is 26.2. The molecule has 1 N–H and O–H groups in total. The van der Waals surface area contributed by atoms with E-state index in [4.69, 9.17) is 11.6 Å². The molecule has 0 unspecified atom stereocenters. The fourth-order valence-corrected chi connectivity index (χ4v) is 1.87. The zero-order valence-electron chi connectivity index (χ0n) is 11.0. The maximum atomic E-state index is 11.8. The van der Waals surface area contributed by atoms with Gasteiger partial charge in [-0.25, -0.2) is 5.43 Å². The lowest BCUT2D eigenvalue weighted by Crippen LogP contribution is -2.17. The third-order valence-electron chi connectivity index (χ3n) is 2.67. The number of hydrogen-bond donors (Lipinski definition) is 1. The van der Waals surface area contributed by atoms with E-state index < -0.39 is 22.3 Å². The molecule has 0 aliphatic heterocycles. The number of carbonyl (C=O) groups excluding carboxylic acids is 1. The summed E-state index contributed by atoms with van der Waals surface area (Å²) in [6.45, 7) is 0. The maximum Gasteiger partial charge on any atom is 0.271 e. The van der Waals surface area contributed by atoms with Crippen molar-refractivity contribution < 1.29 is 14.8 Å². The minimum atomic E-state index is -0.827. The molecule has 0 atom stereocenters. The van der Waals surface area contributed by atoms with Crippen molar-refractivity contribution in [1.29, 1.82) is 0 Å². The van der Waals surface area contributed by atoms with Crippen LogP contribution in [-0.4, -0.2) is 17.0 Å². The molecule has 0 aliphatic carbocycles. The van der Waals surface area contributed by atoms with Gasteiger partial charge in [-0.2, -0.15) is 5.10 Å². The Labute approximate surface area is 130 Å². The molecule has 2 aromatic rings. The molecule has 0 spiro atoms. The zero-order valence-corrected chi connectivity index (χ0v) is 11.8. The van der Waals surface area contributed by atoms with Gasteiger partial charge in [-0.15, -0.1) is 0 Å². The van der Waals surface area contributed by atoms with Gasteiger partial charge in [-0.1, -0.05) is 29.8 Å². The van der Waals surface area contributed by atoms with Gasteiger partial charge in [0.2, 0.25) is 0 Å². The van der Waals surface area contributed by atoms with Crippen LogP contribution in [0.5, 0.6) is 5.75 Å². The number of nitro benzene ring substituents is 1. The summed E-state index contributed by atoms with van der Waals surface area (Å²) < 4.78 is 0. The van der Waals surface area contributed by atoms with Crippen molar-refractivity contribution in [3.8, 4) is 5.75 Å². The Kier molecular flexibility index (Phi) is 4.70. The normalized spacial score (nSPS) is 10.6. The molecule has 7 nitrogen and oxygen atoms in total. The molecular weight excluding hydrogens is 310 g/mol. The second kappa shape index (κ2) is 6.68. The van der Waals surface area contributed by atoms with Crippen molar-refractivity contribution in [2.24, 2.45) is 5.10 Å². The van der Waals surface area contributed by atoms with Crippen LogP contribution in [0.4, 0.5) is 5.69 Å². The second-order valence-electron chi connectivity index (χ2n) is 4.17. The van der Waals surface area contributed by atoms with Crippen LogP contribution in [0.3, 0.4) is 0 Å². The Balaban J connectivity index is 2.17. The lowest BCUT2D eigenvalue weighted by molar-refractivity contribution is -0.398. The second-order valence-corrected chi connectivity index (χ2v) is 4.60. The molecule has 0 radical (unpaired) electrons. The highest BCUT2D eigenvalue weighted by Gasteiger charge is 2.11. The molecule has 8 heteroatoms. The number of rotatable bonds is 4. The van der Waals surface area contributed by atoms with Crippen molar-refractivity contribution in [2.45, 2.75) is 0 Å². The molecule has 0 saturated heterocycles. The monoisotopic (exact) mass is 318 g/mol. The molecule has 0 heterocycles. The van der Waals surface area contributed by atoms with E-state index in [9.17, 15) is 20.0 Å². The molecule has 0 aliphatic rings. The van der Waals surface area contributed by atoms with Crippen molar-refractivity contribution in [3.05, 3.63) is 68.7 Å². The van der Waals surface area contributed by atoms with Gasteiger partial charge >= 0.3 is 0 Å². The first-order valence-electron chi connectivity index (χ1n) is 6.02. The van der Waals surface area contributed by atoms with Gasteiger partial charge in [0.25, 0.3) is 11.6 Å². The fraction of sp³-hybridized carbons (Fsp3) is 0. The topological polar surface area (TPSA) is 108 Å². The van der Waals surface area contributed by atoms with E-state index in [1.54, 1.807) is 30.3 Å². The average Bonchev–Trinajstić information content (AvgIpc) is 2.50. The third kappa shape index (κ3) is 3.58. The van der Waals surface area contributed by atoms with Gasteiger partial charge in [0.15, 0.2) is 0 Å². The number of benzene rings is 2.